The van der Waals surface area contributed by atoms with Gasteiger partial charge in [-0.1, -0.05) is 0 Å². The highest BCUT2D eigenvalue weighted by Gasteiger charge is 2.18. The molecule has 0 spiro atoms. The normalized spacial score (nSPS) is 13.6. The zero-order chi connectivity index (χ0) is 12.0. The molecule has 0 aromatic carbocycles. The van der Waals surface area contributed by atoms with Crippen LogP contribution >= 0.6 is 0 Å². The topological polar surface area (TPSA) is 87.3 Å². The van der Waals surface area contributed by atoms with Crippen LogP contribution in [0.15, 0.2) is 0 Å². The van der Waals surface area contributed by atoms with E-state index in [-0.39, 0.29) is 17.7 Å². The number of amides is 3. The largest absolute Gasteiger partial charge is 0.357 e. The number of carbonyl (C=O) groups is 3. The summed E-state index contributed by atoms with van der Waals surface area (Å²) in [6, 6.07) is -1.26. The van der Waals surface area contributed by atoms with Gasteiger partial charge in [0.05, 0.1) is 0 Å². The van der Waals surface area contributed by atoms with Crippen molar-refractivity contribution in [3.8, 4) is 0 Å². The number of hydrogen-bond donors (Lipinski definition) is 3. The Balaban J connectivity index is 4.12. The van der Waals surface area contributed by atoms with Crippen molar-refractivity contribution in [2.45, 2.75) is 32.9 Å². The van der Waals surface area contributed by atoms with Crippen LogP contribution in [-0.2, 0) is 14.4 Å². The summed E-state index contributed by atoms with van der Waals surface area (Å²) in [4.78, 5) is 33.1. The molecular formula is C9H17N3O3. The standard InChI is InChI=1S/C9H17N3O3/c1-5(8(14)10-4)12-9(15)6(2)11-7(3)13/h5-6H,1-4H3,(H,10,14)(H,11,13)(H,12,15)/t5-,6-/m0/s1. The first-order valence-electron chi connectivity index (χ1n) is 4.67. The van der Waals surface area contributed by atoms with Gasteiger partial charge in [-0.2, -0.15) is 0 Å². The van der Waals surface area contributed by atoms with Crippen LogP contribution in [0.3, 0.4) is 0 Å². The predicted molar refractivity (Wildman–Crippen MR) is 55.0 cm³/mol. The highest BCUT2D eigenvalue weighted by atomic mass is 16.2. The predicted octanol–water partition coefficient (Wildman–Crippen LogP) is -1.24. The molecule has 2 atom stereocenters. The van der Waals surface area contributed by atoms with Crippen LogP contribution in [-0.4, -0.2) is 36.9 Å². The monoisotopic (exact) mass is 215 g/mol. The maximum Gasteiger partial charge on any atom is 0.242 e. The summed E-state index contributed by atoms with van der Waals surface area (Å²) in [7, 11) is 1.49. The molecule has 0 unspecified atom stereocenters. The zero-order valence-electron chi connectivity index (χ0n) is 9.38. The second-order valence-electron chi connectivity index (χ2n) is 3.27. The van der Waals surface area contributed by atoms with Gasteiger partial charge in [-0.3, -0.25) is 14.4 Å². The Bertz CT molecular complexity index is 265. The van der Waals surface area contributed by atoms with Crippen molar-refractivity contribution >= 4 is 17.7 Å². The Morgan fingerprint density at radius 3 is 1.80 bits per heavy atom. The summed E-state index contributed by atoms with van der Waals surface area (Å²) in [6.07, 6.45) is 0. The summed E-state index contributed by atoms with van der Waals surface area (Å²) in [5, 5.41) is 7.30. The first-order chi connectivity index (χ1) is 6.88. The van der Waals surface area contributed by atoms with Gasteiger partial charge in [-0.15, -0.1) is 0 Å². The van der Waals surface area contributed by atoms with Gasteiger partial charge in [0.15, 0.2) is 0 Å². The van der Waals surface area contributed by atoms with Crippen LogP contribution in [0.1, 0.15) is 20.8 Å². The van der Waals surface area contributed by atoms with Crippen molar-refractivity contribution < 1.29 is 14.4 Å². The van der Waals surface area contributed by atoms with Crippen LogP contribution < -0.4 is 16.0 Å². The van der Waals surface area contributed by atoms with E-state index in [4.69, 9.17) is 0 Å². The second kappa shape index (κ2) is 6.00. The molecule has 0 bridgehead atoms. The van der Waals surface area contributed by atoms with Gasteiger partial charge in [0.2, 0.25) is 17.7 Å². The summed E-state index contributed by atoms with van der Waals surface area (Å²) in [5.74, 6) is -0.954. The molecule has 0 heterocycles. The third-order valence-electron chi connectivity index (χ3n) is 1.81. The molecule has 0 fully saturated rings. The molecule has 0 saturated heterocycles. The van der Waals surface area contributed by atoms with Crippen LogP contribution in [0.5, 0.6) is 0 Å². The third kappa shape index (κ3) is 4.99. The molecule has 3 N–H and O–H groups in total. The molecule has 86 valence electrons. The molecule has 6 nitrogen and oxygen atoms in total. The van der Waals surface area contributed by atoms with Crippen molar-refractivity contribution in [2.75, 3.05) is 7.05 Å². The number of hydrogen-bond acceptors (Lipinski definition) is 3. The molecule has 0 saturated carbocycles. The van der Waals surface area contributed by atoms with Crippen molar-refractivity contribution in [1.82, 2.24) is 16.0 Å². The Morgan fingerprint density at radius 2 is 1.40 bits per heavy atom. The third-order valence-corrected chi connectivity index (χ3v) is 1.81. The number of nitrogens with one attached hydrogen (secondary N) is 3. The van der Waals surface area contributed by atoms with Crippen LogP contribution in [0, 0.1) is 0 Å². The van der Waals surface area contributed by atoms with Gasteiger partial charge in [-0.05, 0) is 13.8 Å². The Labute approximate surface area is 88.8 Å². The Hall–Kier alpha value is -1.59. The van der Waals surface area contributed by atoms with Crippen molar-refractivity contribution in [3.63, 3.8) is 0 Å². The van der Waals surface area contributed by atoms with Crippen LogP contribution in [0.2, 0.25) is 0 Å². The van der Waals surface area contributed by atoms with E-state index in [1.54, 1.807) is 13.8 Å². The van der Waals surface area contributed by atoms with E-state index in [0.29, 0.717) is 0 Å². The lowest BCUT2D eigenvalue weighted by Crippen LogP contribution is -2.50. The highest BCUT2D eigenvalue weighted by molar-refractivity contribution is 5.91. The summed E-state index contributed by atoms with van der Waals surface area (Å²) in [5.41, 5.74) is 0. The molecule has 0 rings (SSSR count). The SMILES string of the molecule is CNC(=O)[C@H](C)NC(=O)[C@H](C)NC(C)=O. The molecule has 0 radical (unpaired) electrons. The first kappa shape index (κ1) is 13.4. The van der Waals surface area contributed by atoms with Gasteiger partial charge < -0.3 is 16.0 Å². The summed E-state index contributed by atoms with van der Waals surface area (Å²) < 4.78 is 0. The Kier molecular flexibility index (Phi) is 5.36. The fourth-order valence-electron chi connectivity index (χ4n) is 0.991. The van der Waals surface area contributed by atoms with E-state index in [2.05, 4.69) is 16.0 Å². The van der Waals surface area contributed by atoms with Crippen molar-refractivity contribution in [2.24, 2.45) is 0 Å². The molecule has 0 aliphatic heterocycles. The summed E-state index contributed by atoms with van der Waals surface area (Å²) >= 11 is 0. The lowest BCUT2D eigenvalue weighted by Gasteiger charge is -2.16. The lowest BCUT2D eigenvalue weighted by molar-refractivity contribution is -0.130. The molecule has 0 aliphatic rings. The molecule has 0 aliphatic carbocycles. The molecule has 15 heavy (non-hydrogen) atoms. The van der Waals surface area contributed by atoms with E-state index >= 15 is 0 Å². The smallest absolute Gasteiger partial charge is 0.242 e. The highest BCUT2D eigenvalue weighted by Crippen LogP contribution is 1.86. The lowest BCUT2D eigenvalue weighted by atomic mass is 10.2. The molecular weight excluding hydrogens is 198 g/mol. The van der Waals surface area contributed by atoms with Gasteiger partial charge in [0.1, 0.15) is 12.1 Å². The number of carbonyl (C=O) groups excluding carboxylic acids is 3. The maximum absolute atomic E-state index is 11.4. The second-order valence-corrected chi connectivity index (χ2v) is 3.27. The fraction of sp³-hybridized carbons (Fsp3) is 0.667. The maximum atomic E-state index is 11.4. The van der Waals surface area contributed by atoms with E-state index in [9.17, 15) is 14.4 Å². The van der Waals surface area contributed by atoms with E-state index in [0.717, 1.165) is 0 Å². The average Bonchev–Trinajstić information content (AvgIpc) is 2.15. The van der Waals surface area contributed by atoms with Gasteiger partial charge in [0.25, 0.3) is 0 Å². The van der Waals surface area contributed by atoms with Crippen molar-refractivity contribution in [3.05, 3.63) is 0 Å². The minimum absolute atomic E-state index is 0.279. The van der Waals surface area contributed by atoms with E-state index in [1.807, 2.05) is 0 Å². The fourth-order valence-corrected chi connectivity index (χ4v) is 0.991. The minimum Gasteiger partial charge on any atom is -0.357 e. The Morgan fingerprint density at radius 1 is 0.933 bits per heavy atom. The van der Waals surface area contributed by atoms with Crippen LogP contribution in [0.4, 0.5) is 0 Å². The quantitative estimate of drug-likeness (QED) is 0.548. The van der Waals surface area contributed by atoms with Gasteiger partial charge in [0, 0.05) is 14.0 Å². The van der Waals surface area contributed by atoms with Gasteiger partial charge in [-0.25, -0.2) is 0 Å². The first-order valence-corrected chi connectivity index (χ1v) is 4.67. The van der Waals surface area contributed by atoms with Crippen molar-refractivity contribution in [1.29, 1.82) is 0 Å². The van der Waals surface area contributed by atoms with Crippen LogP contribution in [0.25, 0.3) is 0 Å². The number of likely N-dealkylation sites (N-methyl/N-ethyl adjacent to an activating group) is 1. The minimum atomic E-state index is -0.644. The molecule has 3 amide bonds. The zero-order valence-corrected chi connectivity index (χ0v) is 9.38. The van der Waals surface area contributed by atoms with Gasteiger partial charge >= 0.3 is 0 Å². The molecule has 0 aromatic rings. The summed E-state index contributed by atoms with van der Waals surface area (Å²) in [6.45, 7) is 4.44. The average molecular weight is 215 g/mol. The molecule has 0 aromatic heterocycles. The van der Waals surface area contributed by atoms with E-state index < -0.39 is 12.1 Å². The molecule has 6 heteroatoms. The number of rotatable bonds is 4. The van der Waals surface area contributed by atoms with E-state index in [1.165, 1.54) is 14.0 Å².